The van der Waals surface area contributed by atoms with Crippen molar-refractivity contribution in [3.63, 3.8) is 0 Å². The summed E-state index contributed by atoms with van der Waals surface area (Å²) in [5.41, 5.74) is 1.86. The number of nitrogens with zero attached hydrogens (tertiary/aromatic N) is 2. The lowest BCUT2D eigenvalue weighted by Gasteiger charge is -2.34. The van der Waals surface area contributed by atoms with Gasteiger partial charge in [-0.15, -0.1) is 0 Å². The van der Waals surface area contributed by atoms with E-state index < -0.39 is 0 Å². The second-order valence-corrected chi connectivity index (χ2v) is 9.75. The van der Waals surface area contributed by atoms with Crippen molar-refractivity contribution in [2.24, 2.45) is 11.8 Å². The van der Waals surface area contributed by atoms with Gasteiger partial charge in [0, 0.05) is 31.1 Å². The average Bonchev–Trinajstić information content (AvgIpc) is 3.32. The Labute approximate surface area is 205 Å². The molecule has 2 aliphatic heterocycles. The first-order valence-electron chi connectivity index (χ1n) is 12.4. The Morgan fingerprint density at radius 1 is 0.943 bits per heavy atom. The molecule has 5 nitrogen and oxygen atoms in total. The van der Waals surface area contributed by atoms with Crippen molar-refractivity contribution in [3.05, 3.63) is 83.7 Å². The molecule has 2 heterocycles. The number of amides is 1. The molecular formula is C29H31FN2O3. The summed E-state index contributed by atoms with van der Waals surface area (Å²) >= 11 is 0. The van der Waals surface area contributed by atoms with E-state index in [1.807, 2.05) is 59.5 Å². The number of methoxy groups -OCH3 is 1. The first kappa shape index (κ1) is 23.5. The maximum absolute atomic E-state index is 13.5. The molecule has 0 spiro atoms. The van der Waals surface area contributed by atoms with Gasteiger partial charge in [-0.2, -0.15) is 0 Å². The highest BCUT2D eigenvalue weighted by Crippen LogP contribution is 2.32. The molecular weight excluding hydrogens is 443 g/mol. The molecule has 2 fully saturated rings. The van der Waals surface area contributed by atoms with Crippen LogP contribution >= 0.6 is 0 Å². The lowest BCUT2D eigenvalue weighted by Crippen LogP contribution is -2.40. The molecule has 0 bridgehead atoms. The van der Waals surface area contributed by atoms with Crippen molar-refractivity contribution in [1.82, 2.24) is 9.80 Å². The second-order valence-electron chi connectivity index (χ2n) is 9.75. The maximum Gasteiger partial charge on any atom is 0.310 e. The minimum atomic E-state index is -0.325. The lowest BCUT2D eigenvalue weighted by atomic mass is 9.88. The average molecular weight is 475 g/mol. The number of carbonyl (C=O) groups is 2. The van der Waals surface area contributed by atoms with Crippen LogP contribution in [-0.4, -0.2) is 61.5 Å². The van der Waals surface area contributed by atoms with Gasteiger partial charge in [0.2, 0.25) is 0 Å². The molecule has 2 atom stereocenters. The molecule has 0 saturated carbocycles. The van der Waals surface area contributed by atoms with Gasteiger partial charge in [-0.05, 0) is 66.4 Å². The van der Waals surface area contributed by atoms with E-state index in [1.165, 1.54) is 24.8 Å². The standard InChI is InChI=1S/C29H31FN2O3/c1-35-29(34)27-19-32(28(33)26-8-4-6-22-5-2-3-7-25(22)26)18-23(27)17-31-15-13-21(14-16-31)20-9-11-24(30)12-10-20/h2-12,21,23,27H,13-19H2,1H3. The Hall–Kier alpha value is -3.25. The van der Waals surface area contributed by atoms with Crippen LogP contribution in [0.4, 0.5) is 4.39 Å². The van der Waals surface area contributed by atoms with E-state index in [-0.39, 0.29) is 29.5 Å². The summed E-state index contributed by atoms with van der Waals surface area (Å²) in [4.78, 5) is 30.4. The van der Waals surface area contributed by atoms with Crippen LogP contribution in [0.5, 0.6) is 0 Å². The van der Waals surface area contributed by atoms with Crippen molar-refractivity contribution in [1.29, 1.82) is 0 Å². The van der Waals surface area contributed by atoms with Crippen LogP contribution in [0.2, 0.25) is 0 Å². The smallest absolute Gasteiger partial charge is 0.310 e. The number of rotatable bonds is 5. The van der Waals surface area contributed by atoms with Gasteiger partial charge in [-0.25, -0.2) is 4.39 Å². The van der Waals surface area contributed by atoms with Crippen LogP contribution in [0.25, 0.3) is 10.8 Å². The zero-order valence-electron chi connectivity index (χ0n) is 20.0. The van der Waals surface area contributed by atoms with E-state index >= 15 is 0 Å². The fourth-order valence-electron chi connectivity index (χ4n) is 5.74. The second kappa shape index (κ2) is 10.2. The third kappa shape index (κ3) is 4.94. The van der Waals surface area contributed by atoms with E-state index in [1.54, 1.807) is 0 Å². The van der Waals surface area contributed by atoms with Gasteiger partial charge in [-0.3, -0.25) is 9.59 Å². The number of fused-ring (bicyclic) bond motifs is 1. The molecule has 0 N–H and O–H groups in total. The first-order chi connectivity index (χ1) is 17.0. The van der Waals surface area contributed by atoms with Crippen LogP contribution < -0.4 is 0 Å². The summed E-state index contributed by atoms with van der Waals surface area (Å²) in [6.45, 7) is 3.52. The Morgan fingerprint density at radius 3 is 2.40 bits per heavy atom. The molecule has 2 aliphatic rings. The number of esters is 1. The predicted octanol–water partition coefficient (Wildman–Crippen LogP) is 4.72. The summed E-state index contributed by atoms with van der Waals surface area (Å²) in [7, 11) is 1.42. The summed E-state index contributed by atoms with van der Waals surface area (Å²) in [6.07, 6.45) is 2.00. The van der Waals surface area contributed by atoms with Crippen molar-refractivity contribution in [2.75, 3.05) is 39.8 Å². The minimum absolute atomic E-state index is 0.0312. The van der Waals surface area contributed by atoms with E-state index in [0.717, 1.165) is 43.2 Å². The zero-order chi connectivity index (χ0) is 24.4. The molecule has 35 heavy (non-hydrogen) atoms. The predicted molar refractivity (Wildman–Crippen MR) is 134 cm³/mol. The highest BCUT2D eigenvalue weighted by Gasteiger charge is 2.41. The molecule has 0 radical (unpaired) electrons. The number of piperidine rings is 1. The van der Waals surface area contributed by atoms with Crippen molar-refractivity contribution < 1.29 is 18.7 Å². The van der Waals surface area contributed by atoms with Gasteiger partial charge in [-0.1, -0.05) is 48.5 Å². The Morgan fingerprint density at radius 2 is 1.66 bits per heavy atom. The van der Waals surface area contributed by atoms with Crippen molar-refractivity contribution in [3.8, 4) is 0 Å². The minimum Gasteiger partial charge on any atom is -0.469 e. The highest BCUT2D eigenvalue weighted by atomic mass is 19.1. The number of carbonyl (C=O) groups excluding carboxylic acids is 2. The number of likely N-dealkylation sites (tertiary alicyclic amines) is 2. The van der Waals surface area contributed by atoms with E-state index in [4.69, 9.17) is 4.74 Å². The number of hydrogen-bond acceptors (Lipinski definition) is 4. The molecule has 1 amide bonds. The van der Waals surface area contributed by atoms with Gasteiger partial charge in [0.1, 0.15) is 5.82 Å². The molecule has 3 aromatic carbocycles. The molecule has 0 aliphatic carbocycles. The van der Waals surface area contributed by atoms with Crippen molar-refractivity contribution >= 4 is 22.6 Å². The largest absolute Gasteiger partial charge is 0.469 e. The Kier molecular flexibility index (Phi) is 6.82. The van der Waals surface area contributed by atoms with E-state index in [0.29, 0.717) is 24.6 Å². The number of hydrogen-bond donors (Lipinski definition) is 0. The van der Waals surface area contributed by atoms with E-state index in [2.05, 4.69) is 4.90 Å². The quantitative estimate of drug-likeness (QED) is 0.502. The fourth-order valence-corrected chi connectivity index (χ4v) is 5.74. The summed E-state index contributed by atoms with van der Waals surface area (Å²) in [6, 6.07) is 20.5. The van der Waals surface area contributed by atoms with Gasteiger partial charge in [0.25, 0.3) is 5.91 Å². The van der Waals surface area contributed by atoms with Crippen LogP contribution in [0.1, 0.15) is 34.7 Å². The summed E-state index contributed by atoms with van der Waals surface area (Å²) in [5.74, 6) is -0.352. The zero-order valence-corrected chi connectivity index (χ0v) is 20.0. The molecule has 2 unspecified atom stereocenters. The summed E-state index contributed by atoms with van der Waals surface area (Å²) in [5, 5.41) is 1.96. The third-order valence-electron chi connectivity index (χ3n) is 7.67. The highest BCUT2D eigenvalue weighted by molar-refractivity contribution is 6.07. The van der Waals surface area contributed by atoms with Crippen LogP contribution in [0.3, 0.4) is 0 Å². The van der Waals surface area contributed by atoms with Gasteiger partial charge >= 0.3 is 5.97 Å². The first-order valence-corrected chi connectivity index (χ1v) is 12.4. The molecule has 0 aromatic heterocycles. The molecule has 6 heteroatoms. The number of benzene rings is 3. The van der Waals surface area contributed by atoms with Crippen LogP contribution in [0.15, 0.2) is 66.7 Å². The van der Waals surface area contributed by atoms with Gasteiger partial charge < -0.3 is 14.5 Å². The number of ether oxygens (including phenoxy) is 1. The molecule has 5 rings (SSSR count). The Bertz CT molecular complexity index is 1200. The third-order valence-corrected chi connectivity index (χ3v) is 7.67. The Balaban J connectivity index is 1.27. The van der Waals surface area contributed by atoms with Crippen molar-refractivity contribution in [2.45, 2.75) is 18.8 Å². The summed E-state index contributed by atoms with van der Waals surface area (Å²) < 4.78 is 18.4. The SMILES string of the molecule is COC(=O)C1CN(C(=O)c2cccc3ccccc23)CC1CN1CCC(c2ccc(F)cc2)CC1. The number of halogens is 1. The van der Waals surface area contributed by atoms with Gasteiger partial charge in [0.05, 0.1) is 13.0 Å². The topological polar surface area (TPSA) is 49.9 Å². The normalized spacial score (nSPS) is 21.4. The molecule has 3 aromatic rings. The molecule has 182 valence electrons. The lowest BCUT2D eigenvalue weighted by molar-refractivity contribution is -0.146. The monoisotopic (exact) mass is 474 g/mol. The van der Waals surface area contributed by atoms with Crippen LogP contribution in [-0.2, 0) is 9.53 Å². The fraction of sp³-hybridized carbons (Fsp3) is 0.379. The van der Waals surface area contributed by atoms with Gasteiger partial charge in [0.15, 0.2) is 0 Å². The van der Waals surface area contributed by atoms with E-state index in [9.17, 15) is 14.0 Å². The maximum atomic E-state index is 13.5. The molecule has 2 saturated heterocycles. The van der Waals surface area contributed by atoms with Crippen LogP contribution in [0, 0.1) is 17.7 Å².